The Morgan fingerprint density at radius 1 is 1.45 bits per heavy atom. The first kappa shape index (κ1) is 23.2. The molecule has 0 radical (unpaired) electrons. The molecule has 3 N–H and O–H groups in total. The molecule has 1 aliphatic rings. The molecule has 31 heavy (non-hydrogen) atoms. The Morgan fingerprint density at radius 2 is 2.19 bits per heavy atom. The standard InChI is InChI=1S/C18H21FN4O6S2/c1-11(9-24)23-31(26,27)14-4-2-12(3-5-14)16(22-29-13-6-7-28-10-13)17(25)21-18-20-8-15(19)30-18/h2-5,8,11,13,23-24H,6-7,9-10H2,1H3,(H,20,21,25)/b22-16+/t11-,13+/m0/s1. The van der Waals surface area contributed by atoms with Crippen LogP contribution in [0.3, 0.4) is 0 Å². The number of thiazole rings is 1. The predicted molar refractivity (Wildman–Crippen MR) is 111 cm³/mol. The van der Waals surface area contributed by atoms with Crippen molar-refractivity contribution >= 4 is 38.1 Å². The van der Waals surface area contributed by atoms with E-state index >= 15 is 0 Å². The van der Waals surface area contributed by atoms with E-state index in [1.807, 2.05) is 0 Å². The lowest BCUT2D eigenvalue weighted by molar-refractivity contribution is -0.110. The fourth-order valence-electron chi connectivity index (χ4n) is 2.58. The summed E-state index contributed by atoms with van der Waals surface area (Å²) in [7, 11) is -3.85. The lowest BCUT2D eigenvalue weighted by Crippen LogP contribution is -2.35. The number of nitrogens with one attached hydrogen (secondary N) is 2. The summed E-state index contributed by atoms with van der Waals surface area (Å²) in [6.45, 7) is 2.02. The van der Waals surface area contributed by atoms with E-state index in [0.717, 1.165) is 6.20 Å². The first-order valence-corrected chi connectivity index (χ1v) is 11.6. The van der Waals surface area contributed by atoms with Crippen LogP contribution in [-0.4, -0.2) is 62.1 Å². The number of aromatic nitrogens is 1. The highest BCUT2D eigenvalue weighted by Gasteiger charge is 2.22. The topological polar surface area (TPSA) is 139 Å². The van der Waals surface area contributed by atoms with Crippen molar-refractivity contribution in [2.24, 2.45) is 5.16 Å². The summed E-state index contributed by atoms with van der Waals surface area (Å²) in [5.41, 5.74) is 0.144. The SMILES string of the molecule is C[C@@H](CO)NS(=O)(=O)c1ccc(/C(=N\O[C@@H]2CCOC2)C(=O)Nc2ncc(F)s2)cc1. The zero-order valence-electron chi connectivity index (χ0n) is 16.4. The molecule has 0 saturated carbocycles. The molecule has 1 aliphatic heterocycles. The van der Waals surface area contributed by atoms with Crippen molar-refractivity contribution in [1.29, 1.82) is 0 Å². The highest BCUT2D eigenvalue weighted by molar-refractivity contribution is 7.89. The van der Waals surface area contributed by atoms with Crippen LogP contribution in [0.2, 0.25) is 0 Å². The second-order valence-corrected chi connectivity index (χ2v) is 9.38. The third-order valence-corrected chi connectivity index (χ3v) is 6.47. The van der Waals surface area contributed by atoms with Gasteiger partial charge in [0.05, 0.1) is 30.9 Å². The predicted octanol–water partition coefficient (Wildman–Crippen LogP) is 1.09. The molecule has 0 unspecified atom stereocenters. The molecule has 3 rings (SSSR count). The smallest absolute Gasteiger partial charge is 0.280 e. The largest absolute Gasteiger partial charge is 0.395 e. The summed E-state index contributed by atoms with van der Waals surface area (Å²) in [6, 6.07) is 4.73. The molecule has 1 aromatic heterocycles. The number of halogens is 1. The molecule has 0 aliphatic carbocycles. The minimum absolute atomic E-state index is 0.0424. The molecule has 0 bridgehead atoms. The summed E-state index contributed by atoms with van der Waals surface area (Å²) in [5, 5.41) is 14.9. The number of nitrogens with zero attached hydrogens (tertiary/aromatic N) is 2. The molecule has 1 amide bonds. The number of oxime groups is 1. The van der Waals surface area contributed by atoms with E-state index in [1.54, 1.807) is 0 Å². The van der Waals surface area contributed by atoms with Crippen molar-refractivity contribution in [2.75, 3.05) is 25.1 Å². The fourth-order valence-corrected chi connectivity index (χ4v) is 4.35. The Kier molecular flexibility index (Phi) is 7.67. The van der Waals surface area contributed by atoms with Gasteiger partial charge in [0.25, 0.3) is 5.91 Å². The molecule has 1 saturated heterocycles. The maximum atomic E-state index is 13.2. The molecule has 2 aromatic rings. The van der Waals surface area contributed by atoms with Gasteiger partial charge < -0.3 is 14.7 Å². The van der Waals surface area contributed by atoms with Gasteiger partial charge in [0.1, 0.15) is 0 Å². The molecular weight excluding hydrogens is 451 g/mol. The molecule has 13 heteroatoms. The normalized spacial score (nSPS) is 18.0. The van der Waals surface area contributed by atoms with Gasteiger partial charge in [0.2, 0.25) is 10.0 Å². The molecule has 2 atom stereocenters. The van der Waals surface area contributed by atoms with E-state index in [2.05, 4.69) is 20.2 Å². The highest BCUT2D eigenvalue weighted by atomic mass is 32.2. The summed E-state index contributed by atoms with van der Waals surface area (Å²) >= 11 is 0.652. The van der Waals surface area contributed by atoms with Gasteiger partial charge in [0, 0.05) is 18.0 Å². The first-order valence-electron chi connectivity index (χ1n) is 9.26. The first-order chi connectivity index (χ1) is 14.8. The lowest BCUT2D eigenvalue weighted by atomic mass is 10.1. The van der Waals surface area contributed by atoms with Crippen LogP contribution in [0.1, 0.15) is 18.9 Å². The Balaban J connectivity index is 1.83. The van der Waals surface area contributed by atoms with Crippen molar-refractivity contribution in [3.05, 3.63) is 41.2 Å². The van der Waals surface area contributed by atoms with Crippen molar-refractivity contribution in [2.45, 2.75) is 30.4 Å². The van der Waals surface area contributed by atoms with Gasteiger partial charge in [-0.25, -0.2) is 18.1 Å². The third kappa shape index (κ3) is 6.27. The molecule has 0 spiro atoms. The number of aliphatic hydroxyl groups excluding tert-OH is 1. The van der Waals surface area contributed by atoms with Gasteiger partial charge in [-0.1, -0.05) is 28.6 Å². The van der Waals surface area contributed by atoms with Crippen LogP contribution in [0.5, 0.6) is 0 Å². The lowest BCUT2D eigenvalue weighted by Gasteiger charge is -2.12. The summed E-state index contributed by atoms with van der Waals surface area (Å²) in [5.74, 6) is -0.698. The minimum atomic E-state index is -3.85. The zero-order valence-corrected chi connectivity index (χ0v) is 18.1. The van der Waals surface area contributed by atoms with Crippen LogP contribution in [0.4, 0.5) is 9.52 Å². The number of anilines is 1. The average molecular weight is 473 g/mol. The average Bonchev–Trinajstić information content (AvgIpc) is 3.40. The number of rotatable bonds is 9. The van der Waals surface area contributed by atoms with Crippen molar-refractivity contribution in [3.8, 4) is 0 Å². The number of benzene rings is 1. The summed E-state index contributed by atoms with van der Waals surface area (Å²) < 4.78 is 45.4. The Hall–Kier alpha value is -2.45. The van der Waals surface area contributed by atoms with Crippen LogP contribution >= 0.6 is 11.3 Å². The van der Waals surface area contributed by atoms with E-state index in [-0.39, 0.29) is 34.0 Å². The Labute approximate surface area is 182 Å². The van der Waals surface area contributed by atoms with Gasteiger partial charge in [0.15, 0.2) is 22.1 Å². The maximum absolute atomic E-state index is 13.2. The van der Waals surface area contributed by atoms with E-state index in [9.17, 15) is 17.6 Å². The third-order valence-electron chi connectivity index (χ3n) is 4.16. The minimum Gasteiger partial charge on any atom is -0.395 e. The second-order valence-electron chi connectivity index (χ2n) is 6.68. The monoisotopic (exact) mass is 472 g/mol. The highest BCUT2D eigenvalue weighted by Crippen LogP contribution is 2.18. The van der Waals surface area contributed by atoms with E-state index in [4.69, 9.17) is 14.7 Å². The van der Waals surface area contributed by atoms with Gasteiger partial charge >= 0.3 is 0 Å². The van der Waals surface area contributed by atoms with Crippen LogP contribution in [0, 0.1) is 5.13 Å². The molecule has 10 nitrogen and oxygen atoms in total. The maximum Gasteiger partial charge on any atom is 0.280 e. The number of amides is 1. The number of carbonyl (C=O) groups excluding carboxylic acids is 1. The Bertz CT molecular complexity index is 1040. The second kappa shape index (κ2) is 10.2. The summed E-state index contributed by atoms with van der Waals surface area (Å²) in [6.07, 6.45) is 1.27. The van der Waals surface area contributed by atoms with Crippen molar-refractivity contribution in [1.82, 2.24) is 9.71 Å². The molecular formula is C18H21FN4O6S2. The zero-order chi connectivity index (χ0) is 22.4. The number of sulfonamides is 1. The van der Waals surface area contributed by atoms with E-state index < -0.39 is 27.1 Å². The quantitative estimate of drug-likeness (QED) is 0.367. The Morgan fingerprint density at radius 3 is 2.77 bits per heavy atom. The molecule has 1 aromatic carbocycles. The van der Waals surface area contributed by atoms with Gasteiger partial charge in [-0.2, -0.15) is 4.39 Å². The van der Waals surface area contributed by atoms with Gasteiger partial charge in [-0.3, -0.25) is 10.1 Å². The van der Waals surface area contributed by atoms with Crippen molar-refractivity contribution in [3.63, 3.8) is 0 Å². The molecule has 168 valence electrons. The van der Waals surface area contributed by atoms with Gasteiger partial charge in [-0.05, 0) is 19.1 Å². The van der Waals surface area contributed by atoms with E-state index in [1.165, 1.54) is 31.2 Å². The molecule has 1 fully saturated rings. The van der Waals surface area contributed by atoms with Crippen molar-refractivity contribution < 1.29 is 32.3 Å². The fraction of sp³-hybridized carbons (Fsp3) is 0.389. The van der Waals surface area contributed by atoms with Crippen LogP contribution in [-0.2, 0) is 24.4 Å². The summed E-state index contributed by atoms with van der Waals surface area (Å²) in [4.78, 5) is 21.8. The van der Waals surface area contributed by atoms with Crippen LogP contribution < -0.4 is 10.0 Å². The van der Waals surface area contributed by atoms with Gasteiger partial charge in [-0.15, -0.1) is 0 Å². The molecule has 2 heterocycles. The van der Waals surface area contributed by atoms with Crippen LogP contribution in [0.25, 0.3) is 0 Å². The number of hydrogen-bond donors (Lipinski definition) is 3. The number of ether oxygens (including phenoxy) is 1. The number of carbonyl (C=O) groups is 1. The number of hydrogen-bond acceptors (Lipinski definition) is 9. The van der Waals surface area contributed by atoms with E-state index in [0.29, 0.717) is 31.0 Å². The van der Waals surface area contributed by atoms with Crippen LogP contribution in [0.15, 0.2) is 40.5 Å². The number of aliphatic hydroxyl groups is 1.